The van der Waals surface area contributed by atoms with Gasteiger partial charge in [0.2, 0.25) is 0 Å². The van der Waals surface area contributed by atoms with Gasteiger partial charge in [-0.1, -0.05) is 6.07 Å². The highest BCUT2D eigenvalue weighted by atomic mass is 127. The van der Waals surface area contributed by atoms with Crippen LogP contribution >= 0.6 is 22.6 Å². The van der Waals surface area contributed by atoms with E-state index in [2.05, 4.69) is 22.6 Å². The van der Waals surface area contributed by atoms with Gasteiger partial charge in [0.05, 0.1) is 7.11 Å². The third-order valence-electron chi connectivity index (χ3n) is 1.61. The molecule has 3 heteroatoms. The lowest BCUT2D eigenvalue weighted by atomic mass is 10.2. The van der Waals surface area contributed by atoms with Gasteiger partial charge in [-0.2, -0.15) is 0 Å². The molecular weight excluding hydrogens is 279 g/mol. The maximum absolute atomic E-state index is 5.55. The maximum Gasteiger partial charge on any atom is 0.162 e. The van der Waals surface area contributed by atoms with E-state index in [-0.39, 0.29) is 4.11 Å². The van der Waals surface area contributed by atoms with E-state index in [0.717, 1.165) is 11.5 Å². The van der Waals surface area contributed by atoms with E-state index < -0.39 is 0 Å². The van der Waals surface area contributed by atoms with Gasteiger partial charge >= 0.3 is 0 Å². The van der Waals surface area contributed by atoms with Gasteiger partial charge < -0.3 is 9.47 Å². The minimum Gasteiger partial charge on any atom is -0.493 e. The molecule has 0 fully saturated rings. The van der Waals surface area contributed by atoms with Crippen molar-refractivity contribution in [2.24, 2.45) is 0 Å². The Morgan fingerprint density at radius 1 is 1.31 bits per heavy atom. The van der Waals surface area contributed by atoms with Crippen LogP contribution in [-0.4, -0.2) is 11.2 Å². The first-order chi connectivity index (χ1) is 6.13. The van der Waals surface area contributed by atoms with Crippen molar-refractivity contribution >= 4 is 22.6 Å². The van der Waals surface area contributed by atoms with Crippen molar-refractivity contribution in [2.45, 2.75) is 18.0 Å². The minimum atomic E-state index is 0.147. The molecule has 0 bridgehead atoms. The van der Waals surface area contributed by atoms with Crippen LogP contribution in [0, 0.1) is 6.92 Å². The zero-order valence-electron chi connectivity index (χ0n) is 8.00. The number of methoxy groups -OCH3 is 1. The fraction of sp³-hybridized carbons (Fsp3) is 0.400. The first kappa shape index (κ1) is 10.6. The van der Waals surface area contributed by atoms with E-state index in [1.165, 1.54) is 5.56 Å². The zero-order chi connectivity index (χ0) is 9.84. The van der Waals surface area contributed by atoms with Gasteiger partial charge in [0.25, 0.3) is 0 Å². The molecule has 0 heterocycles. The fourth-order valence-corrected chi connectivity index (χ4v) is 1.32. The van der Waals surface area contributed by atoms with Crippen molar-refractivity contribution in [1.29, 1.82) is 0 Å². The second kappa shape index (κ2) is 4.69. The van der Waals surface area contributed by atoms with E-state index >= 15 is 0 Å². The summed E-state index contributed by atoms with van der Waals surface area (Å²) in [6.07, 6.45) is 0. The molecule has 1 rings (SSSR count). The summed E-state index contributed by atoms with van der Waals surface area (Å²) in [7, 11) is 1.65. The molecule has 1 unspecified atom stereocenters. The summed E-state index contributed by atoms with van der Waals surface area (Å²) in [5.41, 5.74) is 1.17. The second-order valence-electron chi connectivity index (χ2n) is 2.82. The highest BCUT2D eigenvalue weighted by molar-refractivity contribution is 14.1. The second-order valence-corrected chi connectivity index (χ2v) is 4.57. The van der Waals surface area contributed by atoms with E-state index in [1.807, 2.05) is 32.0 Å². The number of hydrogen-bond donors (Lipinski definition) is 0. The molecule has 0 aliphatic rings. The monoisotopic (exact) mass is 292 g/mol. The summed E-state index contributed by atoms with van der Waals surface area (Å²) in [6.45, 7) is 4.01. The Labute approximate surface area is 92.4 Å². The number of alkyl halides is 1. The smallest absolute Gasteiger partial charge is 0.162 e. The third kappa shape index (κ3) is 3.06. The maximum atomic E-state index is 5.55. The van der Waals surface area contributed by atoms with E-state index in [4.69, 9.17) is 9.47 Å². The Morgan fingerprint density at radius 3 is 2.54 bits per heavy atom. The van der Waals surface area contributed by atoms with E-state index in [1.54, 1.807) is 7.11 Å². The molecule has 0 aromatic heterocycles. The number of aryl methyl sites for hydroxylation is 1. The van der Waals surface area contributed by atoms with Gasteiger partial charge in [-0.15, -0.1) is 0 Å². The van der Waals surface area contributed by atoms with Gasteiger partial charge in [-0.05, 0) is 54.1 Å². The molecule has 1 atom stereocenters. The molecule has 13 heavy (non-hydrogen) atoms. The lowest BCUT2D eigenvalue weighted by molar-refractivity contribution is 0.297. The molecule has 0 N–H and O–H groups in total. The zero-order valence-corrected chi connectivity index (χ0v) is 10.2. The van der Waals surface area contributed by atoms with Crippen LogP contribution in [0.4, 0.5) is 0 Å². The highest BCUT2D eigenvalue weighted by Gasteiger charge is 2.05. The largest absolute Gasteiger partial charge is 0.493 e. The van der Waals surface area contributed by atoms with Crippen LogP contribution in [0.25, 0.3) is 0 Å². The van der Waals surface area contributed by atoms with E-state index in [0.29, 0.717) is 0 Å². The fourth-order valence-electron chi connectivity index (χ4n) is 1.05. The predicted octanol–water partition coefficient (Wildman–Crippen LogP) is 3.16. The minimum absolute atomic E-state index is 0.147. The van der Waals surface area contributed by atoms with Crippen LogP contribution in [0.15, 0.2) is 18.2 Å². The summed E-state index contributed by atoms with van der Waals surface area (Å²) in [6, 6.07) is 5.91. The van der Waals surface area contributed by atoms with Crippen molar-refractivity contribution in [1.82, 2.24) is 0 Å². The molecular formula is C10H13IO2. The van der Waals surface area contributed by atoms with Crippen LogP contribution < -0.4 is 9.47 Å². The summed E-state index contributed by atoms with van der Waals surface area (Å²) in [5.74, 6) is 1.60. The van der Waals surface area contributed by atoms with Gasteiger partial charge in [0.15, 0.2) is 11.5 Å². The molecule has 72 valence electrons. The van der Waals surface area contributed by atoms with Gasteiger partial charge in [0.1, 0.15) is 4.11 Å². The normalized spacial score (nSPS) is 12.3. The Balaban J connectivity index is 2.92. The Hall–Kier alpha value is -0.450. The van der Waals surface area contributed by atoms with Crippen LogP contribution in [0.5, 0.6) is 11.5 Å². The van der Waals surface area contributed by atoms with Crippen LogP contribution in [0.3, 0.4) is 0 Å². The molecule has 0 spiro atoms. The van der Waals surface area contributed by atoms with Crippen LogP contribution in [0.2, 0.25) is 0 Å². The molecule has 0 radical (unpaired) electrons. The Morgan fingerprint density at radius 2 is 2.00 bits per heavy atom. The lowest BCUT2D eigenvalue weighted by Gasteiger charge is -2.12. The van der Waals surface area contributed by atoms with Crippen LogP contribution in [0.1, 0.15) is 12.5 Å². The standard InChI is InChI=1S/C10H13IO2/c1-7-4-5-9(13-8(2)11)10(6-7)12-3/h4-6,8H,1-3H3. The number of benzene rings is 1. The first-order valence-corrected chi connectivity index (χ1v) is 5.33. The molecule has 0 aliphatic carbocycles. The summed E-state index contributed by atoms with van der Waals surface area (Å²) >= 11 is 2.21. The average molecular weight is 292 g/mol. The molecule has 0 aliphatic heterocycles. The first-order valence-electron chi connectivity index (χ1n) is 4.09. The van der Waals surface area contributed by atoms with Crippen molar-refractivity contribution < 1.29 is 9.47 Å². The predicted molar refractivity (Wildman–Crippen MR) is 61.8 cm³/mol. The quantitative estimate of drug-likeness (QED) is 0.629. The summed E-state index contributed by atoms with van der Waals surface area (Å²) in [4.78, 5) is 0. The molecule has 0 saturated carbocycles. The lowest BCUT2D eigenvalue weighted by Crippen LogP contribution is -2.03. The van der Waals surface area contributed by atoms with Crippen molar-refractivity contribution in [3.63, 3.8) is 0 Å². The van der Waals surface area contributed by atoms with Crippen molar-refractivity contribution in [3.8, 4) is 11.5 Å². The topological polar surface area (TPSA) is 18.5 Å². The number of rotatable bonds is 3. The van der Waals surface area contributed by atoms with Gasteiger partial charge in [0, 0.05) is 0 Å². The average Bonchev–Trinajstić information content (AvgIpc) is 2.07. The Kier molecular flexibility index (Phi) is 3.84. The molecule has 1 aromatic carbocycles. The molecule has 0 saturated heterocycles. The van der Waals surface area contributed by atoms with Gasteiger partial charge in [-0.3, -0.25) is 0 Å². The van der Waals surface area contributed by atoms with Gasteiger partial charge in [-0.25, -0.2) is 0 Å². The molecule has 2 nitrogen and oxygen atoms in total. The third-order valence-corrected chi connectivity index (χ3v) is 1.86. The number of ether oxygens (including phenoxy) is 2. The highest BCUT2D eigenvalue weighted by Crippen LogP contribution is 2.29. The summed E-state index contributed by atoms with van der Waals surface area (Å²) in [5, 5.41) is 0. The number of hydrogen-bond acceptors (Lipinski definition) is 2. The molecule has 0 amide bonds. The molecule has 1 aromatic rings. The van der Waals surface area contributed by atoms with Crippen LogP contribution in [-0.2, 0) is 0 Å². The van der Waals surface area contributed by atoms with E-state index in [9.17, 15) is 0 Å². The van der Waals surface area contributed by atoms with Crippen molar-refractivity contribution in [3.05, 3.63) is 23.8 Å². The SMILES string of the molecule is COc1cc(C)ccc1OC(C)I. The van der Waals surface area contributed by atoms with Crippen molar-refractivity contribution in [2.75, 3.05) is 7.11 Å². The number of halogens is 1. The Bertz CT molecular complexity index is 284. The summed E-state index contributed by atoms with van der Waals surface area (Å²) < 4.78 is 10.9.